The molecule has 0 atom stereocenters. The molecule has 0 amide bonds. The third-order valence-corrected chi connectivity index (χ3v) is 2.85. The zero-order valence-corrected chi connectivity index (χ0v) is 11.1. The molecule has 0 saturated heterocycles. The maximum absolute atomic E-state index is 5.13. The molecule has 4 nitrogen and oxygen atoms in total. The second kappa shape index (κ2) is 5.69. The Hall–Kier alpha value is -1.81. The summed E-state index contributed by atoms with van der Waals surface area (Å²) >= 11 is 0. The van der Waals surface area contributed by atoms with Crippen molar-refractivity contribution in [3.8, 4) is 5.75 Å². The van der Waals surface area contributed by atoms with Gasteiger partial charge in [0, 0.05) is 12.2 Å². The van der Waals surface area contributed by atoms with Crippen LogP contribution in [-0.2, 0) is 13.2 Å². The van der Waals surface area contributed by atoms with Gasteiger partial charge in [0.15, 0.2) is 0 Å². The van der Waals surface area contributed by atoms with Crippen molar-refractivity contribution >= 4 is 0 Å². The fourth-order valence-electron chi connectivity index (χ4n) is 1.88. The van der Waals surface area contributed by atoms with Gasteiger partial charge in [-0.3, -0.25) is 10.00 Å². The Morgan fingerprint density at radius 2 is 1.94 bits per heavy atom. The first-order valence-corrected chi connectivity index (χ1v) is 6.04. The molecule has 0 unspecified atom stereocenters. The van der Waals surface area contributed by atoms with Gasteiger partial charge in [-0.15, -0.1) is 0 Å². The summed E-state index contributed by atoms with van der Waals surface area (Å²) in [7, 11) is 1.68. The van der Waals surface area contributed by atoms with Crippen molar-refractivity contribution in [2.45, 2.75) is 27.1 Å². The minimum absolute atomic E-state index is 0.728. The normalized spacial score (nSPS) is 10.6. The Bertz CT molecular complexity index is 502. The van der Waals surface area contributed by atoms with Crippen LogP contribution in [0.2, 0.25) is 0 Å². The minimum Gasteiger partial charge on any atom is -0.497 e. The van der Waals surface area contributed by atoms with Crippen LogP contribution in [0.3, 0.4) is 0 Å². The van der Waals surface area contributed by atoms with E-state index < -0.39 is 0 Å². The van der Waals surface area contributed by atoms with Gasteiger partial charge in [0.1, 0.15) is 5.75 Å². The van der Waals surface area contributed by atoms with Crippen LogP contribution in [0.25, 0.3) is 0 Å². The Morgan fingerprint density at radius 1 is 1.22 bits per heavy atom. The van der Waals surface area contributed by atoms with Crippen molar-refractivity contribution < 1.29 is 4.74 Å². The van der Waals surface area contributed by atoms with E-state index in [1.807, 2.05) is 23.7 Å². The quantitative estimate of drug-likeness (QED) is 0.878. The van der Waals surface area contributed by atoms with Crippen LogP contribution in [0, 0.1) is 13.8 Å². The summed E-state index contributed by atoms with van der Waals surface area (Å²) in [6.45, 7) is 5.62. The van der Waals surface area contributed by atoms with Gasteiger partial charge in [-0.05, 0) is 37.6 Å². The predicted molar refractivity (Wildman–Crippen MR) is 71.5 cm³/mol. The van der Waals surface area contributed by atoms with Gasteiger partial charge in [0.2, 0.25) is 0 Å². The number of ether oxygens (including phenoxy) is 1. The van der Waals surface area contributed by atoms with Gasteiger partial charge in [-0.1, -0.05) is 12.1 Å². The number of aromatic nitrogens is 2. The largest absolute Gasteiger partial charge is 0.497 e. The van der Waals surface area contributed by atoms with Gasteiger partial charge in [0.25, 0.3) is 0 Å². The highest BCUT2D eigenvalue weighted by atomic mass is 16.5. The summed E-state index contributed by atoms with van der Waals surface area (Å²) in [6.07, 6.45) is 0. The number of hydrogen-bond acceptors (Lipinski definition) is 3. The van der Waals surface area contributed by atoms with E-state index in [0.29, 0.717) is 0 Å². The summed E-state index contributed by atoms with van der Waals surface area (Å²) < 4.78 is 7.10. The lowest BCUT2D eigenvalue weighted by molar-refractivity contribution is 0.414. The van der Waals surface area contributed by atoms with Crippen LogP contribution in [0.4, 0.5) is 0 Å². The zero-order valence-electron chi connectivity index (χ0n) is 11.1. The molecule has 0 aliphatic carbocycles. The van der Waals surface area contributed by atoms with Crippen molar-refractivity contribution in [1.29, 1.82) is 0 Å². The maximum Gasteiger partial charge on any atom is 0.118 e. The van der Waals surface area contributed by atoms with Crippen molar-refractivity contribution in [2.75, 3.05) is 7.11 Å². The highest BCUT2D eigenvalue weighted by Crippen LogP contribution is 2.11. The van der Waals surface area contributed by atoms with Crippen molar-refractivity contribution in [2.24, 2.45) is 0 Å². The molecular weight excluding hydrogens is 226 g/mol. The van der Waals surface area contributed by atoms with Gasteiger partial charge in [-0.2, -0.15) is 5.10 Å². The summed E-state index contributed by atoms with van der Waals surface area (Å²) in [4.78, 5) is 0. The number of benzene rings is 1. The standard InChI is InChI=1S/C14H19N3O/c1-11-8-12(2)17(16-11)10-15-9-13-4-6-14(18-3)7-5-13/h4-8,15H,9-10H2,1-3H3. The summed E-state index contributed by atoms with van der Waals surface area (Å²) in [5.74, 6) is 0.886. The summed E-state index contributed by atoms with van der Waals surface area (Å²) in [6, 6.07) is 10.1. The van der Waals surface area contributed by atoms with E-state index in [1.54, 1.807) is 7.11 Å². The molecule has 1 aromatic carbocycles. The summed E-state index contributed by atoms with van der Waals surface area (Å²) in [5, 5.41) is 7.77. The lowest BCUT2D eigenvalue weighted by atomic mass is 10.2. The molecule has 1 aromatic heterocycles. The molecule has 1 heterocycles. The SMILES string of the molecule is COc1ccc(CNCn2nc(C)cc2C)cc1. The molecule has 18 heavy (non-hydrogen) atoms. The molecular formula is C14H19N3O. The number of hydrogen-bond donors (Lipinski definition) is 1. The van der Waals surface area contributed by atoms with Crippen LogP contribution < -0.4 is 10.1 Å². The highest BCUT2D eigenvalue weighted by molar-refractivity contribution is 5.26. The Morgan fingerprint density at radius 3 is 2.50 bits per heavy atom. The number of nitrogens with one attached hydrogen (secondary N) is 1. The van der Waals surface area contributed by atoms with Crippen molar-refractivity contribution in [3.63, 3.8) is 0 Å². The molecule has 0 radical (unpaired) electrons. The third-order valence-electron chi connectivity index (χ3n) is 2.85. The number of methoxy groups -OCH3 is 1. The monoisotopic (exact) mass is 245 g/mol. The molecule has 0 bridgehead atoms. The van der Waals surface area contributed by atoms with Crippen LogP contribution in [-0.4, -0.2) is 16.9 Å². The fraction of sp³-hybridized carbons (Fsp3) is 0.357. The molecule has 0 aliphatic rings. The van der Waals surface area contributed by atoms with E-state index in [0.717, 1.165) is 24.7 Å². The van der Waals surface area contributed by atoms with Gasteiger partial charge in [0.05, 0.1) is 19.5 Å². The molecule has 0 aliphatic heterocycles. The van der Waals surface area contributed by atoms with E-state index in [1.165, 1.54) is 11.3 Å². The molecule has 2 rings (SSSR count). The maximum atomic E-state index is 5.13. The van der Waals surface area contributed by atoms with Crippen LogP contribution >= 0.6 is 0 Å². The fourth-order valence-corrected chi connectivity index (χ4v) is 1.88. The number of aryl methyl sites for hydroxylation is 2. The molecule has 1 N–H and O–H groups in total. The van der Waals surface area contributed by atoms with Crippen LogP contribution in [0.15, 0.2) is 30.3 Å². The molecule has 0 saturated carbocycles. The summed E-state index contributed by atoms with van der Waals surface area (Å²) in [5.41, 5.74) is 3.46. The number of nitrogens with zero attached hydrogens (tertiary/aromatic N) is 2. The lowest BCUT2D eigenvalue weighted by Crippen LogP contribution is -2.19. The van der Waals surface area contributed by atoms with Crippen LogP contribution in [0.1, 0.15) is 17.0 Å². The van der Waals surface area contributed by atoms with E-state index in [9.17, 15) is 0 Å². The molecule has 96 valence electrons. The van der Waals surface area contributed by atoms with Crippen LogP contribution in [0.5, 0.6) is 5.75 Å². The van der Waals surface area contributed by atoms with E-state index >= 15 is 0 Å². The lowest BCUT2D eigenvalue weighted by Gasteiger charge is -2.07. The first-order chi connectivity index (χ1) is 8.69. The van der Waals surface area contributed by atoms with Crippen molar-refractivity contribution in [1.82, 2.24) is 15.1 Å². The first-order valence-electron chi connectivity index (χ1n) is 6.04. The Balaban J connectivity index is 1.86. The van der Waals surface area contributed by atoms with E-state index in [-0.39, 0.29) is 0 Å². The third kappa shape index (κ3) is 3.11. The molecule has 0 spiro atoms. The topological polar surface area (TPSA) is 39.1 Å². The minimum atomic E-state index is 0.728. The highest BCUT2D eigenvalue weighted by Gasteiger charge is 2.00. The second-order valence-corrected chi connectivity index (χ2v) is 4.36. The number of rotatable bonds is 5. The zero-order chi connectivity index (χ0) is 13.0. The van der Waals surface area contributed by atoms with E-state index in [4.69, 9.17) is 4.74 Å². The molecule has 2 aromatic rings. The first kappa shape index (κ1) is 12.6. The average molecular weight is 245 g/mol. The molecule has 0 fully saturated rings. The Kier molecular flexibility index (Phi) is 3.99. The van der Waals surface area contributed by atoms with Gasteiger partial charge >= 0.3 is 0 Å². The second-order valence-electron chi connectivity index (χ2n) is 4.36. The van der Waals surface area contributed by atoms with Gasteiger partial charge < -0.3 is 4.74 Å². The van der Waals surface area contributed by atoms with Crippen molar-refractivity contribution in [3.05, 3.63) is 47.3 Å². The smallest absolute Gasteiger partial charge is 0.118 e. The van der Waals surface area contributed by atoms with Gasteiger partial charge in [-0.25, -0.2) is 0 Å². The average Bonchev–Trinajstić information content (AvgIpc) is 2.69. The Labute approximate surface area is 108 Å². The predicted octanol–water partition coefficient (Wildman–Crippen LogP) is 2.26. The molecule has 4 heteroatoms. The van der Waals surface area contributed by atoms with E-state index in [2.05, 4.69) is 35.5 Å².